The molecule has 0 aliphatic heterocycles. The molecule has 0 bridgehead atoms. The smallest absolute Gasteiger partial charge is 0.309 e. The lowest BCUT2D eigenvalue weighted by Crippen LogP contribution is -2.26. The second kappa shape index (κ2) is 6.70. The summed E-state index contributed by atoms with van der Waals surface area (Å²) in [5.74, 6) is 0.897. The van der Waals surface area contributed by atoms with E-state index in [0.717, 1.165) is 5.56 Å². The van der Waals surface area contributed by atoms with Crippen molar-refractivity contribution in [2.45, 2.75) is 40.2 Å². The van der Waals surface area contributed by atoms with Crippen LogP contribution in [0.1, 0.15) is 33.3 Å². The molecule has 0 saturated carbocycles. The average molecular weight is 296 g/mol. The van der Waals surface area contributed by atoms with Gasteiger partial charge in [-0.1, -0.05) is 0 Å². The molecule has 0 aliphatic carbocycles. The fraction of sp³-hybridized carbons (Fsp3) is 0.562. The van der Waals surface area contributed by atoms with Gasteiger partial charge in [0.2, 0.25) is 0 Å². The second-order valence-electron chi connectivity index (χ2n) is 5.85. The summed E-state index contributed by atoms with van der Waals surface area (Å²) >= 11 is 0. The summed E-state index contributed by atoms with van der Waals surface area (Å²) in [6, 6.07) is 3.52. The molecule has 21 heavy (non-hydrogen) atoms. The van der Waals surface area contributed by atoms with E-state index in [2.05, 4.69) is 0 Å². The van der Waals surface area contributed by atoms with Crippen LogP contribution in [0.15, 0.2) is 12.1 Å². The standard InChI is InChI=1S/C16H24O5/c1-10(2)21-14-8-12(19-5)11(7-13(14)20-6)9-16(3,4)15(17)18/h7-8,10H,9H2,1-6H3,(H,17,18). The number of hydrogen-bond acceptors (Lipinski definition) is 4. The Hall–Kier alpha value is -1.91. The Morgan fingerprint density at radius 2 is 1.71 bits per heavy atom. The number of carboxylic acids is 1. The Bertz CT molecular complexity index is 506. The molecule has 118 valence electrons. The molecule has 0 radical (unpaired) electrons. The molecular weight excluding hydrogens is 272 g/mol. The summed E-state index contributed by atoms with van der Waals surface area (Å²) in [5, 5.41) is 9.27. The summed E-state index contributed by atoms with van der Waals surface area (Å²) in [7, 11) is 3.11. The average Bonchev–Trinajstić information content (AvgIpc) is 2.38. The zero-order valence-corrected chi connectivity index (χ0v) is 13.5. The van der Waals surface area contributed by atoms with Crippen LogP contribution in [0, 0.1) is 5.41 Å². The summed E-state index contributed by atoms with van der Waals surface area (Å²) in [4.78, 5) is 11.3. The van der Waals surface area contributed by atoms with Gasteiger partial charge in [-0.3, -0.25) is 4.79 Å². The molecule has 1 aromatic carbocycles. The maximum atomic E-state index is 11.3. The van der Waals surface area contributed by atoms with Gasteiger partial charge < -0.3 is 19.3 Å². The Labute approximate surface area is 125 Å². The van der Waals surface area contributed by atoms with Gasteiger partial charge in [0, 0.05) is 6.07 Å². The normalized spacial score (nSPS) is 11.4. The summed E-state index contributed by atoms with van der Waals surface area (Å²) < 4.78 is 16.4. The van der Waals surface area contributed by atoms with E-state index in [0.29, 0.717) is 23.7 Å². The van der Waals surface area contributed by atoms with E-state index in [1.165, 1.54) is 0 Å². The van der Waals surface area contributed by atoms with Crippen LogP contribution in [0.5, 0.6) is 17.2 Å². The third-order valence-corrected chi connectivity index (χ3v) is 3.14. The van der Waals surface area contributed by atoms with E-state index < -0.39 is 11.4 Å². The van der Waals surface area contributed by atoms with E-state index in [1.807, 2.05) is 13.8 Å². The minimum absolute atomic E-state index is 0.00455. The highest BCUT2D eigenvalue weighted by Crippen LogP contribution is 2.38. The number of ether oxygens (including phenoxy) is 3. The fourth-order valence-corrected chi connectivity index (χ4v) is 1.97. The molecule has 0 aromatic heterocycles. The number of carbonyl (C=O) groups is 1. The van der Waals surface area contributed by atoms with Gasteiger partial charge in [-0.25, -0.2) is 0 Å². The molecule has 0 atom stereocenters. The fourth-order valence-electron chi connectivity index (χ4n) is 1.97. The Balaban J connectivity index is 3.24. The molecular formula is C16H24O5. The molecule has 0 unspecified atom stereocenters. The third-order valence-electron chi connectivity index (χ3n) is 3.14. The van der Waals surface area contributed by atoms with Gasteiger partial charge in [-0.05, 0) is 45.7 Å². The number of rotatable bonds is 7. The summed E-state index contributed by atoms with van der Waals surface area (Å²) in [6.45, 7) is 7.21. The predicted octanol–water partition coefficient (Wildman–Crippen LogP) is 3.14. The van der Waals surface area contributed by atoms with Crippen molar-refractivity contribution in [1.82, 2.24) is 0 Å². The lowest BCUT2D eigenvalue weighted by atomic mass is 9.85. The largest absolute Gasteiger partial charge is 0.496 e. The number of methoxy groups -OCH3 is 2. The van der Waals surface area contributed by atoms with Crippen LogP contribution in [0.25, 0.3) is 0 Å². The van der Waals surface area contributed by atoms with Crippen LogP contribution in [0.4, 0.5) is 0 Å². The highest BCUT2D eigenvalue weighted by Gasteiger charge is 2.29. The van der Waals surface area contributed by atoms with Crippen LogP contribution in [0.2, 0.25) is 0 Å². The molecule has 0 spiro atoms. The van der Waals surface area contributed by atoms with Crippen molar-refractivity contribution < 1.29 is 24.1 Å². The first kappa shape index (κ1) is 17.1. The van der Waals surface area contributed by atoms with Crippen LogP contribution < -0.4 is 14.2 Å². The molecule has 0 saturated heterocycles. The van der Waals surface area contributed by atoms with Crippen molar-refractivity contribution in [3.05, 3.63) is 17.7 Å². The first-order valence-corrected chi connectivity index (χ1v) is 6.86. The highest BCUT2D eigenvalue weighted by atomic mass is 16.5. The van der Waals surface area contributed by atoms with Gasteiger partial charge >= 0.3 is 5.97 Å². The maximum absolute atomic E-state index is 11.3. The molecule has 0 amide bonds. The van der Waals surface area contributed by atoms with E-state index >= 15 is 0 Å². The molecule has 5 heteroatoms. The van der Waals surface area contributed by atoms with Gasteiger partial charge in [-0.15, -0.1) is 0 Å². The van der Waals surface area contributed by atoms with Crippen LogP contribution in [-0.2, 0) is 11.2 Å². The van der Waals surface area contributed by atoms with Crippen molar-refractivity contribution in [3.8, 4) is 17.2 Å². The second-order valence-corrected chi connectivity index (χ2v) is 5.85. The lowest BCUT2D eigenvalue weighted by Gasteiger charge is -2.22. The van der Waals surface area contributed by atoms with E-state index in [4.69, 9.17) is 14.2 Å². The minimum Gasteiger partial charge on any atom is -0.496 e. The van der Waals surface area contributed by atoms with Crippen molar-refractivity contribution in [3.63, 3.8) is 0 Å². The van der Waals surface area contributed by atoms with Crippen LogP contribution in [-0.4, -0.2) is 31.4 Å². The first-order valence-electron chi connectivity index (χ1n) is 6.86. The number of aliphatic carboxylic acids is 1. The van der Waals surface area contributed by atoms with Crippen molar-refractivity contribution in [1.29, 1.82) is 0 Å². The lowest BCUT2D eigenvalue weighted by molar-refractivity contribution is -0.146. The molecule has 1 N–H and O–H groups in total. The number of hydrogen-bond donors (Lipinski definition) is 1. The predicted molar refractivity (Wildman–Crippen MR) is 80.4 cm³/mol. The molecule has 5 nitrogen and oxygen atoms in total. The van der Waals surface area contributed by atoms with Gasteiger partial charge in [0.1, 0.15) is 5.75 Å². The third kappa shape index (κ3) is 4.28. The quantitative estimate of drug-likeness (QED) is 0.837. The monoisotopic (exact) mass is 296 g/mol. The Kier molecular flexibility index (Phi) is 5.47. The highest BCUT2D eigenvalue weighted by molar-refractivity contribution is 5.74. The molecule has 1 aromatic rings. The van der Waals surface area contributed by atoms with Crippen molar-refractivity contribution in [2.75, 3.05) is 14.2 Å². The topological polar surface area (TPSA) is 65.0 Å². The first-order chi connectivity index (χ1) is 9.71. The molecule has 0 heterocycles. The zero-order chi connectivity index (χ0) is 16.2. The number of carboxylic acid groups (broad SMARTS) is 1. The minimum atomic E-state index is -0.890. The zero-order valence-electron chi connectivity index (χ0n) is 13.5. The molecule has 0 fully saturated rings. The van der Waals surface area contributed by atoms with Crippen molar-refractivity contribution in [2.24, 2.45) is 5.41 Å². The summed E-state index contributed by atoms with van der Waals surface area (Å²) in [6.07, 6.45) is 0.342. The SMILES string of the molecule is COc1cc(OC(C)C)c(OC)cc1CC(C)(C)C(=O)O. The Morgan fingerprint density at radius 1 is 1.14 bits per heavy atom. The van der Waals surface area contributed by atoms with E-state index in [-0.39, 0.29) is 6.10 Å². The van der Waals surface area contributed by atoms with Gasteiger partial charge in [0.25, 0.3) is 0 Å². The van der Waals surface area contributed by atoms with Gasteiger partial charge in [0.05, 0.1) is 25.7 Å². The van der Waals surface area contributed by atoms with E-state index in [9.17, 15) is 9.90 Å². The van der Waals surface area contributed by atoms with Gasteiger partial charge in [0.15, 0.2) is 11.5 Å². The Morgan fingerprint density at radius 3 is 2.14 bits per heavy atom. The summed E-state index contributed by atoms with van der Waals surface area (Å²) in [5.41, 5.74) is -0.114. The number of benzene rings is 1. The molecule has 0 aliphatic rings. The molecule has 1 rings (SSSR count). The van der Waals surface area contributed by atoms with Crippen LogP contribution >= 0.6 is 0 Å². The maximum Gasteiger partial charge on any atom is 0.309 e. The van der Waals surface area contributed by atoms with Gasteiger partial charge in [-0.2, -0.15) is 0 Å². The van der Waals surface area contributed by atoms with E-state index in [1.54, 1.807) is 40.2 Å². The van der Waals surface area contributed by atoms with Crippen molar-refractivity contribution >= 4 is 5.97 Å². The van der Waals surface area contributed by atoms with Crippen LogP contribution in [0.3, 0.4) is 0 Å².